The molecule has 0 fully saturated rings. The smallest absolute Gasteiger partial charge is 0.129 e. The first-order chi connectivity index (χ1) is 6.74. The van der Waals surface area contributed by atoms with E-state index >= 15 is 0 Å². The third kappa shape index (κ3) is 4.33. The van der Waals surface area contributed by atoms with Crippen LogP contribution in [0.25, 0.3) is 0 Å². The van der Waals surface area contributed by atoms with Gasteiger partial charge in [-0.1, -0.05) is 19.9 Å². The van der Waals surface area contributed by atoms with Crippen LogP contribution in [0.2, 0.25) is 0 Å². The lowest BCUT2D eigenvalue weighted by atomic mass is 10.1. The van der Waals surface area contributed by atoms with E-state index in [-0.39, 0.29) is 0 Å². The average molecular weight is 201 g/mol. The van der Waals surface area contributed by atoms with Crippen LogP contribution in [0.5, 0.6) is 0 Å². The minimum absolute atomic E-state index is 0.483. The van der Waals surface area contributed by atoms with Gasteiger partial charge in [-0.25, -0.2) is 8.78 Å². The van der Waals surface area contributed by atoms with Crippen molar-refractivity contribution in [3.05, 3.63) is 35.4 Å². The van der Waals surface area contributed by atoms with Gasteiger partial charge < -0.3 is 5.73 Å². The summed E-state index contributed by atoms with van der Waals surface area (Å²) in [5.41, 5.74) is 5.79. The van der Waals surface area contributed by atoms with Crippen LogP contribution in [0.1, 0.15) is 25.8 Å². The Balaban J connectivity index is 0.000000791. The predicted octanol–water partition coefficient (Wildman–Crippen LogP) is 2.88. The molecule has 0 aromatic heterocycles. The Morgan fingerprint density at radius 1 is 1.21 bits per heavy atom. The Hall–Kier alpha value is -0.960. The summed E-state index contributed by atoms with van der Waals surface area (Å²) in [6.45, 7) is 4.52. The summed E-state index contributed by atoms with van der Waals surface area (Å²) in [6, 6.07) is 3.61. The zero-order valence-corrected chi connectivity index (χ0v) is 8.69. The van der Waals surface area contributed by atoms with Crippen LogP contribution < -0.4 is 5.73 Å². The molecule has 0 saturated heterocycles. The summed E-state index contributed by atoms with van der Waals surface area (Å²) in [5, 5.41) is 0. The molecule has 0 aliphatic carbocycles. The Bertz CT molecular complexity index is 261. The number of aryl methyl sites for hydroxylation is 1. The van der Waals surface area contributed by atoms with Crippen molar-refractivity contribution >= 4 is 0 Å². The molecule has 2 N–H and O–H groups in total. The number of halogens is 2. The SMILES string of the molecule is CC.NCCCc1ccc(F)cc1F. The van der Waals surface area contributed by atoms with Crippen molar-refractivity contribution in [3.8, 4) is 0 Å². The lowest BCUT2D eigenvalue weighted by molar-refractivity contribution is 0.569. The van der Waals surface area contributed by atoms with Gasteiger partial charge in [-0.05, 0) is 31.0 Å². The summed E-state index contributed by atoms with van der Waals surface area (Å²) in [7, 11) is 0. The van der Waals surface area contributed by atoms with E-state index in [9.17, 15) is 8.78 Å². The van der Waals surface area contributed by atoms with E-state index in [0.717, 1.165) is 12.5 Å². The molecule has 1 aromatic carbocycles. The fraction of sp³-hybridized carbons (Fsp3) is 0.455. The molecule has 0 radical (unpaired) electrons. The molecule has 0 saturated carbocycles. The van der Waals surface area contributed by atoms with Crippen LogP contribution in [-0.4, -0.2) is 6.54 Å². The van der Waals surface area contributed by atoms with Crippen molar-refractivity contribution in [2.24, 2.45) is 5.73 Å². The minimum atomic E-state index is -0.538. The van der Waals surface area contributed by atoms with E-state index in [0.29, 0.717) is 18.5 Å². The third-order valence-corrected chi connectivity index (χ3v) is 1.67. The Labute approximate surface area is 83.9 Å². The predicted molar refractivity (Wildman–Crippen MR) is 55.1 cm³/mol. The molecule has 0 aliphatic rings. The van der Waals surface area contributed by atoms with Crippen LogP contribution in [0.3, 0.4) is 0 Å². The molecule has 0 atom stereocenters. The first kappa shape index (κ1) is 13.0. The minimum Gasteiger partial charge on any atom is -0.330 e. The summed E-state index contributed by atoms with van der Waals surface area (Å²) in [4.78, 5) is 0. The molecule has 0 amide bonds. The van der Waals surface area contributed by atoms with Crippen molar-refractivity contribution in [1.82, 2.24) is 0 Å². The fourth-order valence-corrected chi connectivity index (χ4v) is 1.02. The molecule has 0 aliphatic heterocycles. The molecule has 1 rings (SSSR count). The van der Waals surface area contributed by atoms with Crippen LogP contribution >= 0.6 is 0 Å². The molecule has 0 spiro atoms. The molecule has 0 heterocycles. The van der Waals surface area contributed by atoms with Crippen LogP contribution in [0, 0.1) is 11.6 Å². The van der Waals surface area contributed by atoms with Crippen molar-refractivity contribution < 1.29 is 8.78 Å². The second kappa shape index (κ2) is 7.44. The highest BCUT2D eigenvalue weighted by atomic mass is 19.1. The van der Waals surface area contributed by atoms with Crippen molar-refractivity contribution in [2.75, 3.05) is 6.54 Å². The highest BCUT2D eigenvalue weighted by Gasteiger charge is 2.01. The molecule has 80 valence electrons. The molecular formula is C11H17F2N. The van der Waals surface area contributed by atoms with E-state index in [4.69, 9.17) is 5.73 Å². The molecule has 0 bridgehead atoms. The Kier molecular flexibility index (Phi) is 6.93. The highest BCUT2D eigenvalue weighted by Crippen LogP contribution is 2.10. The summed E-state index contributed by atoms with van der Waals surface area (Å²) < 4.78 is 25.3. The van der Waals surface area contributed by atoms with E-state index in [1.54, 1.807) is 0 Å². The van der Waals surface area contributed by atoms with Gasteiger partial charge in [0.05, 0.1) is 0 Å². The van der Waals surface area contributed by atoms with Gasteiger partial charge in [-0.3, -0.25) is 0 Å². The molecule has 1 nitrogen and oxygen atoms in total. The lowest BCUT2D eigenvalue weighted by Crippen LogP contribution is -2.01. The summed E-state index contributed by atoms with van der Waals surface area (Å²) in [5.74, 6) is -1.02. The van der Waals surface area contributed by atoms with Gasteiger partial charge in [0.2, 0.25) is 0 Å². The van der Waals surface area contributed by atoms with Gasteiger partial charge in [-0.2, -0.15) is 0 Å². The number of benzene rings is 1. The standard InChI is InChI=1S/C9H11F2N.C2H6/c10-8-4-3-7(2-1-5-12)9(11)6-8;1-2/h3-4,6H,1-2,5,12H2;1-2H3. The van der Waals surface area contributed by atoms with Gasteiger partial charge >= 0.3 is 0 Å². The normalized spacial score (nSPS) is 9.21. The molecule has 0 unspecified atom stereocenters. The maximum Gasteiger partial charge on any atom is 0.129 e. The van der Waals surface area contributed by atoms with Crippen molar-refractivity contribution in [3.63, 3.8) is 0 Å². The second-order valence-corrected chi connectivity index (χ2v) is 2.63. The van der Waals surface area contributed by atoms with Gasteiger partial charge in [0.1, 0.15) is 11.6 Å². The van der Waals surface area contributed by atoms with Gasteiger partial charge in [0.25, 0.3) is 0 Å². The molecule has 3 heteroatoms. The Morgan fingerprint density at radius 3 is 2.36 bits per heavy atom. The summed E-state index contributed by atoms with van der Waals surface area (Å²) in [6.07, 6.45) is 1.30. The van der Waals surface area contributed by atoms with Crippen molar-refractivity contribution in [1.29, 1.82) is 0 Å². The lowest BCUT2D eigenvalue weighted by Gasteiger charge is -2.00. The number of rotatable bonds is 3. The van der Waals surface area contributed by atoms with E-state index in [2.05, 4.69) is 0 Å². The first-order valence-electron chi connectivity index (χ1n) is 4.88. The summed E-state index contributed by atoms with van der Waals surface area (Å²) >= 11 is 0. The molecule has 14 heavy (non-hydrogen) atoms. The second-order valence-electron chi connectivity index (χ2n) is 2.63. The van der Waals surface area contributed by atoms with Crippen LogP contribution in [0.15, 0.2) is 18.2 Å². The van der Waals surface area contributed by atoms with Crippen molar-refractivity contribution in [2.45, 2.75) is 26.7 Å². The fourth-order valence-electron chi connectivity index (χ4n) is 1.02. The third-order valence-electron chi connectivity index (χ3n) is 1.67. The van der Waals surface area contributed by atoms with E-state index < -0.39 is 11.6 Å². The number of hydrogen-bond donors (Lipinski definition) is 1. The zero-order chi connectivity index (χ0) is 11.0. The quantitative estimate of drug-likeness (QED) is 0.799. The number of hydrogen-bond acceptors (Lipinski definition) is 1. The molecule has 1 aromatic rings. The van der Waals surface area contributed by atoms with Crippen LogP contribution in [-0.2, 0) is 6.42 Å². The van der Waals surface area contributed by atoms with E-state index in [1.807, 2.05) is 13.8 Å². The highest BCUT2D eigenvalue weighted by molar-refractivity contribution is 5.18. The first-order valence-corrected chi connectivity index (χ1v) is 4.88. The van der Waals surface area contributed by atoms with Crippen LogP contribution in [0.4, 0.5) is 8.78 Å². The molecular weight excluding hydrogens is 184 g/mol. The monoisotopic (exact) mass is 201 g/mol. The van der Waals surface area contributed by atoms with Gasteiger partial charge in [-0.15, -0.1) is 0 Å². The van der Waals surface area contributed by atoms with Gasteiger partial charge in [0.15, 0.2) is 0 Å². The topological polar surface area (TPSA) is 26.0 Å². The van der Waals surface area contributed by atoms with Gasteiger partial charge in [0, 0.05) is 6.07 Å². The maximum absolute atomic E-state index is 12.9. The number of nitrogens with two attached hydrogens (primary N) is 1. The van der Waals surface area contributed by atoms with E-state index in [1.165, 1.54) is 12.1 Å². The largest absolute Gasteiger partial charge is 0.330 e. The zero-order valence-electron chi connectivity index (χ0n) is 8.69. The Morgan fingerprint density at radius 2 is 1.86 bits per heavy atom. The maximum atomic E-state index is 12.9. The average Bonchev–Trinajstić information content (AvgIpc) is 2.20.